The number of aromatic nitrogens is 2. The van der Waals surface area contributed by atoms with Gasteiger partial charge in [-0.2, -0.15) is 0 Å². The van der Waals surface area contributed by atoms with Crippen molar-refractivity contribution in [1.82, 2.24) is 9.55 Å². The zero-order chi connectivity index (χ0) is 33.8. The van der Waals surface area contributed by atoms with E-state index in [0.717, 1.165) is 28.1 Å². The van der Waals surface area contributed by atoms with Gasteiger partial charge in [0.15, 0.2) is 0 Å². The summed E-state index contributed by atoms with van der Waals surface area (Å²) in [5, 5.41) is 5.99. The second kappa shape index (κ2) is 12.0. The molecule has 0 aliphatic rings. The largest absolute Gasteiger partial charge is 0.291 e. The molecular formula is C47H36N2S. The second-order valence-electron chi connectivity index (χ2n) is 14.1. The predicted octanol–water partition coefficient (Wildman–Crippen LogP) is 13.4. The molecular weight excluding hydrogens is 625 g/mol. The van der Waals surface area contributed by atoms with E-state index in [0.29, 0.717) is 0 Å². The highest BCUT2D eigenvalue weighted by molar-refractivity contribution is 7.17. The summed E-state index contributed by atoms with van der Waals surface area (Å²) in [6.45, 7) is 6.90. The van der Waals surface area contributed by atoms with Crippen LogP contribution in [0.2, 0.25) is 0 Å². The third kappa shape index (κ3) is 5.22. The highest BCUT2D eigenvalue weighted by Gasteiger charge is 2.26. The lowest BCUT2D eigenvalue weighted by atomic mass is 9.82. The number of hydrogen-bond donors (Lipinski definition) is 0. The van der Waals surface area contributed by atoms with Crippen LogP contribution in [-0.2, 0) is 5.41 Å². The monoisotopic (exact) mass is 660 g/mol. The van der Waals surface area contributed by atoms with E-state index in [1.807, 2.05) is 0 Å². The molecule has 0 aliphatic carbocycles. The van der Waals surface area contributed by atoms with Crippen molar-refractivity contribution in [2.45, 2.75) is 26.2 Å². The zero-order valence-corrected chi connectivity index (χ0v) is 29.2. The summed E-state index contributed by atoms with van der Waals surface area (Å²) in [7, 11) is 0. The maximum Gasteiger partial charge on any atom is 0.147 e. The van der Waals surface area contributed by atoms with Gasteiger partial charge < -0.3 is 0 Å². The molecule has 3 heteroatoms. The molecule has 0 bridgehead atoms. The highest BCUT2D eigenvalue weighted by atomic mass is 32.1. The number of thiophene rings is 1. The van der Waals surface area contributed by atoms with Gasteiger partial charge in [0.25, 0.3) is 0 Å². The average Bonchev–Trinajstić information content (AvgIpc) is 3.74. The summed E-state index contributed by atoms with van der Waals surface area (Å²) < 4.78 is 3.69. The molecule has 0 spiro atoms. The van der Waals surface area contributed by atoms with Gasteiger partial charge in [-0.1, -0.05) is 136 Å². The highest BCUT2D eigenvalue weighted by Crippen LogP contribution is 2.45. The molecule has 0 unspecified atom stereocenters. The van der Waals surface area contributed by atoms with E-state index in [4.69, 9.17) is 4.98 Å². The quantitative estimate of drug-likeness (QED) is 0.180. The summed E-state index contributed by atoms with van der Waals surface area (Å²) in [4.78, 5) is 5.44. The molecule has 0 atom stereocenters. The van der Waals surface area contributed by atoms with Crippen molar-refractivity contribution in [2.75, 3.05) is 0 Å². The van der Waals surface area contributed by atoms with Gasteiger partial charge in [0.1, 0.15) is 5.82 Å². The molecule has 240 valence electrons. The fraction of sp³-hybridized carbons (Fsp3) is 0.0851. The summed E-state index contributed by atoms with van der Waals surface area (Å²) in [6, 6.07) is 57.2. The summed E-state index contributed by atoms with van der Waals surface area (Å²) in [6.07, 6.45) is 0. The van der Waals surface area contributed by atoms with Crippen molar-refractivity contribution in [3.05, 3.63) is 169 Å². The molecule has 7 aromatic carbocycles. The number of rotatable bonds is 5. The topological polar surface area (TPSA) is 17.8 Å². The van der Waals surface area contributed by atoms with Crippen LogP contribution in [0.5, 0.6) is 0 Å². The predicted molar refractivity (Wildman–Crippen MR) is 214 cm³/mol. The standard InChI is InChI=1S/C47H36N2S/c1-47(2,3)37-28-38(32-17-9-5-10-18-32)45(39(29-37)33-19-11-6-12-20-33)49-43-22-14-13-21-42(43)48-46(49)41-30-50-44-27-35-24-23-34(25-36(35)26-40(41)44)31-15-7-4-8-16-31/h4-30H,1-3H3. The minimum atomic E-state index is -0.0470. The van der Waals surface area contributed by atoms with E-state index in [1.165, 1.54) is 59.8 Å². The first-order chi connectivity index (χ1) is 24.4. The third-order valence-electron chi connectivity index (χ3n) is 9.81. The van der Waals surface area contributed by atoms with Crippen LogP contribution in [-0.4, -0.2) is 9.55 Å². The Morgan fingerprint density at radius 2 is 1.12 bits per heavy atom. The normalized spacial score (nSPS) is 11.9. The molecule has 0 radical (unpaired) electrons. The van der Waals surface area contributed by atoms with Crippen molar-refractivity contribution >= 4 is 43.2 Å². The Bertz CT molecular complexity index is 2600. The van der Waals surface area contributed by atoms with E-state index in [-0.39, 0.29) is 5.41 Å². The van der Waals surface area contributed by atoms with E-state index in [9.17, 15) is 0 Å². The van der Waals surface area contributed by atoms with Crippen LogP contribution in [0.25, 0.3) is 82.3 Å². The Morgan fingerprint density at radius 3 is 1.76 bits per heavy atom. The van der Waals surface area contributed by atoms with Crippen molar-refractivity contribution in [3.63, 3.8) is 0 Å². The Labute approximate surface area is 297 Å². The van der Waals surface area contributed by atoms with Gasteiger partial charge in [-0.15, -0.1) is 11.3 Å². The van der Waals surface area contributed by atoms with Crippen molar-refractivity contribution in [2.24, 2.45) is 0 Å². The molecule has 9 rings (SSSR count). The minimum Gasteiger partial charge on any atom is -0.291 e. The molecule has 0 aliphatic heterocycles. The third-order valence-corrected chi connectivity index (χ3v) is 10.8. The van der Waals surface area contributed by atoms with Crippen LogP contribution in [0.15, 0.2) is 163 Å². The van der Waals surface area contributed by atoms with Gasteiger partial charge in [0.2, 0.25) is 0 Å². The van der Waals surface area contributed by atoms with Crippen molar-refractivity contribution < 1.29 is 0 Å². The smallest absolute Gasteiger partial charge is 0.147 e. The van der Waals surface area contributed by atoms with Gasteiger partial charge >= 0.3 is 0 Å². The fourth-order valence-electron chi connectivity index (χ4n) is 7.17. The fourth-order valence-corrected chi connectivity index (χ4v) is 8.14. The lowest BCUT2D eigenvalue weighted by Crippen LogP contribution is -2.13. The Kier molecular flexibility index (Phi) is 7.26. The summed E-state index contributed by atoms with van der Waals surface area (Å²) >= 11 is 1.79. The van der Waals surface area contributed by atoms with Crippen molar-refractivity contribution in [1.29, 1.82) is 0 Å². The lowest BCUT2D eigenvalue weighted by molar-refractivity contribution is 0.590. The first-order valence-electron chi connectivity index (χ1n) is 17.2. The molecule has 0 N–H and O–H groups in total. The van der Waals surface area contributed by atoms with Gasteiger partial charge in [-0.25, -0.2) is 4.98 Å². The number of para-hydroxylation sites is 2. The van der Waals surface area contributed by atoms with Gasteiger partial charge in [0, 0.05) is 32.2 Å². The maximum absolute atomic E-state index is 5.44. The lowest BCUT2D eigenvalue weighted by Gasteiger charge is -2.26. The molecule has 2 nitrogen and oxygen atoms in total. The van der Waals surface area contributed by atoms with Gasteiger partial charge in [-0.05, 0) is 86.5 Å². The second-order valence-corrected chi connectivity index (χ2v) is 15.0. The minimum absolute atomic E-state index is 0.0470. The average molecular weight is 661 g/mol. The van der Waals surface area contributed by atoms with Crippen LogP contribution in [0.4, 0.5) is 0 Å². The molecule has 2 heterocycles. The molecule has 0 amide bonds. The number of imidazole rings is 1. The Balaban J connectivity index is 1.37. The van der Waals surface area contributed by atoms with Crippen LogP contribution >= 0.6 is 11.3 Å². The van der Waals surface area contributed by atoms with E-state index >= 15 is 0 Å². The SMILES string of the molecule is CC(C)(C)c1cc(-c2ccccc2)c(-n2c(-c3csc4cc5ccc(-c6ccccc6)cc5cc34)nc3ccccc32)c(-c2ccccc2)c1. The molecule has 2 aromatic heterocycles. The van der Waals surface area contributed by atoms with Crippen LogP contribution in [0.1, 0.15) is 26.3 Å². The van der Waals surface area contributed by atoms with E-state index < -0.39 is 0 Å². The van der Waals surface area contributed by atoms with E-state index in [2.05, 4.69) is 188 Å². The Hall–Kier alpha value is -5.77. The summed E-state index contributed by atoms with van der Waals surface area (Å²) in [5.74, 6) is 0.953. The number of fused-ring (bicyclic) bond motifs is 3. The van der Waals surface area contributed by atoms with Gasteiger partial charge in [0.05, 0.1) is 16.7 Å². The molecule has 9 aromatic rings. The molecule has 0 saturated heterocycles. The van der Waals surface area contributed by atoms with Crippen LogP contribution < -0.4 is 0 Å². The number of hydrogen-bond acceptors (Lipinski definition) is 2. The first kappa shape index (κ1) is 30.3. The van der Waals surface area contributed by atoms with Crippen LogP contribution in [0.3, 0.4) is 0 Å². The van der Waals surface area contributed by atoms with Crippen molar-refractivity contribution in [3.8, 4) is 50.5 Å². The zero-order valence-electron chi connectivity index (χ0n) is 28.4. The maximum atomic E-state index is 5.44. The Morgan fingerprint density at radius 1 is 0.520 bits per heavy atom. The van der Waals surface area contributed by atoms with E-state index in [1.54, 1.807) is 11.3 Å². The first-order valence-corrected chi connectivity index (χ1v) is 18.1. The molecule has 0 saturated carbocycles. The molecule has 0 fully saturated rings. The summed E-state index contributed by atoms with van der Waals surface area (Å²) in [5.41, 5.74) is 12.8. The number of nitrogens with zero attached hydrogens (tertiary/aromatic N) is 2. The molecule has 50 heavy (non-hydrogen) atoms. The number of benzene rings is 7. The van der Waals surface area contributed by atoms with Crippen LogP contribution in [0, 0.1) is 0 Å². The van der Waals surface area contributed by atoms with Gasteiger partial charge in [-0.3, -0.25) is 4.57 Å².